The van der Waals surface area contributed by atoms with Gasteiger partial charge in [0.2, 0.25) is 0 Å². The quantitative estimate of drug-likeness (QED) is 0.171. The zero-order valence-corrected chi connectivity index (χ0v) is 20.2. The van der Waals surface area contributed by atoms with Gasteiger partial charge < -0.3 is 14.6 Å². The average molecular weight is 449 g/mol. The topological polar surface area (TPSA) is 72.8 Å². The number of carbonyl (C=O) groups is 2. The summed E-state index contributed by atoms with van der Waals surface area (Å²) in [5.74, 6) is -1.58. The number of ether oxygens (including phenoxy) is 2. The van der Waals surface area contributed by atoms with Gasteiger partial charge in [0.05, 0.1) is 12.7 Å². The SMILES string of the molecule is CCCC(CCCCCCCCCCCCC(OC(C)=O)C(=O)O)OCc1ccccc1. The van der Waals surface area contributed by atoms with Gasteiger partial charge in [-0.05, 0) is 31.2 Å². The molecule has 1 N–H and O–H groups in total. The lowest BCUT2D eigenvalue weighted by molar-refractivity contribution is -0.163. The summed E-state index contributed by atoms with van der Waals surface area (Å²) in [6.45, 7) is 4.19. The highest BCUT2D eigenvalue weighted by atomic mass is 16.6. The molecule has 1 aromatic rings. The zero-order chi connectivity index (χ0) is 23.4. The molecular formula is C27H44O5. The Labute approximate surface area is 194 Å². The van der Waals surface area contributed by atoms with E-state index >= 15 is 0 Å². The highest BCUT2D eigenvalue weighted by molar-refractivity contribution is 5.76. The molecule has 32 heavy (non-hydrogen) atoms. The molecule has 5 nitrogen and oxygen atoms in total. The van der Waals surface area contributed by atoms with E-state index in [-0.39, 0.29) is 0 Å². The van der Waals surface area contributed by atoms with Gasteiger partial charge >= 0.3 is 11.9 Å². The molecule has 0 aliphatic rings. The van der Waals surface area contributed by atoms with Gasteiger partial charge in [0.15, 0.2) is 6.10 Å². The number of aliphatic carboxylic acids is 1. The van der Waals surface area contributed by atoms with Gasteiger partial charge in [0.1, 0.15) is 0 Å². The third-order valence-electron chi connectivity index (χ3n) is 5.77. The summed E-state index contributed by atoms with van der Waals surface area (Å²) >= 11 is 0. The monoisotopic (exact) mass is 448 g/mol. The van der Waals surface area contributed by atoms with Crippen LogP contribution >= 0.6 is 0 Å². The molecule has 0 amide bonds. The van der Waals surface area contributed by atoms with Gasteiger partial charge in [-0.1, -0.05) is 101 Å². The highest BCUT2D eigenvalue weighted by Crippen LogP contribution is 2.17. The lowest BCUT2D eigenvalue weighted by Gasteiger charge is -2.17. The molecule has 0 aliphatic carbocycles. The second-order valence-corrected chi connectivity index (χ2v) is 8.76. The van der Waals surface area contributed by atoms with Gasteiger partial charge in [0.25, 0.3) is 0 Å². The van der Waals surface area contributed by atoms with Crippen molar-refractivity contribution in [3.63, 3.8) is 0 Å². The lowest BCUT2D eigenvalue weighted by Crippen LogP contribution is -2.25. The van der Waals surface area contributed by atoms with Crippen molar-refractivity contribution < 1.29 is 24.2 Å². The number of hydrogen-bond acceptors (Lipinski definition) is 4. The lowest BCUT2D eigenvalue weighted by atomic mass is 10.0. The molecule has 0 saturated heterocycles. The van der Waals surface area contributed by atoms with Crippen molar-refractivity contribution in [3.05, 3.63) is 35.9 Å². The van der Waals surface area contributed by atoms with Crippen molar-refractivity contribution >= 4 is 11.9 Å². The molecule has 2 atom stereocenters. The fraction of sp³-hybridized carbons (Fsp3) is 0.704. The van der Waals surface area contributed by atoms with Crippen LogP contribution in [0, 0.1) is 0 Å². The van der Waals surface area contributed by atoms with E-state index in [1.54, 1.807) is 0 Å². The molecule has 0 radical (unpaired) electrons. The first-order chi connectivity index (χ1) is 15.5. The van der Waals surface area contributed by atoms with E-state index in [0.29, 0.717) is 19.1 Å². The molecule has 0 heterocycles. The van der Waals surface area contributed by atoms with E-state index < -0.39 is 18.0 Å². The maximum absolute atomic E-state index is 11.0. The van der Waals surface area contributed by atoms with Crippen LogP contribution < -0.4 is 0 Å². The molecule has 0 spiro atoms. The first kappa shape index (κ1) is 28.2. The number of benzene rings is 1. The Bertz CT molecular complexity index is 601. The van der Waals surface area contributed by atoms with Crippen molar-refractivity contribution in [1.29, 1.82) is 0 Å². The number of carboxylic acid groups (broad SMARTS) is 1. The van der Waals surface area contributed by atoms with E-state index in [2.05, 4.69) is 31.2 Å². The Morgan fingerprint density at radius 3 is 1.84 bits per heavy atom. The van der Waals surface area contributed by atoms with Crippen molar-refractivity contribution in [2.75, 3.05) is 0 Å². The molecule has 0 bridgehead atoms. The Balaban J connectivity index is 1.96. The predicted octanol–water partition coefficient (Wildman–Crippen LogP) is 7.07. The van der Waals surface area contributed by atoms with Crippen molar-refractivity contribution in [1.82, 2.24) is 0 Å². The van der Waals surface area contributed by atoms with Gasteiger partial charge in [0, 0.05) is 6.92 Å². The van der Waals surface area contributed by atoms with Crippen molar-refractivity contribution in [2.45, 2.75) is 123 Å². The van der Waals surface area contributed by atoms with Crippen LogP contribution in [0.15, 0.2) is 30.3 Å². The molecule has 182 valence electrons. The summed E-state index contributed by atoms with van der Waals surface area (Å²) in [5, 5.41) is 9.03. The van der Waals surface area contributed by atoms with Crippen LogP contribution in [-0.2, 0) is 25.7 Å². The number of carboxylic acids is 1. The minimum absolute atomic E-state index is 0.377. The molecule has 0 aromatic heterocycles. The van der Waals surface area contributed by atoms with Crippen LogP contribution in [0.25, 0.3) is 0 Å². The third-order valence-corrected chi connectivity index (χ3v) is 5.77. The molecule has 1 rings (SSSR count). The number of hydrogen-bond donors (Lipinski definition) is 1. The largest absolute Gasteiger partial charge is 0.479 e. The van der Waals surface area contributed by atoms with Crippen LogP contribution in [0.2, 0.25) is 0 Å². The van der Waals surface area contributed by atoms with Crippen LogP contribution in [-0.4, -0.2) is 29.3 Å². The van der Waals surface area contributed by atoms with E-state index in [4.69, 9.17) is 14.6 Å². The summed E-state index contributed by atoms with van der Waals surface area (Å²) in [7, 11) is 0. The van der Waals surface area contributed by atoms with Crippen LogP contribution in [0.1, 0.15) is 109 Å². The molecule has 0 fully saturated rings. The first-order valence-corrected chi connectivity index (χ1v) is 12.6. The Kier molecular flexibility index (Phi) is 16.4. The number of carbonyl (C=O) groups excluding carboxylic acids is 1. The molecule has 5 heteroatoms. The number of esters is 1. The number of unbranched alkanes of at least 4 members (excludes halogenated alkanes) is 9. The van der Waals surface area contributed by atoms with Gasteiger partial charge in [-0.3, -0.25) is 4.79 Å². The first-order valence-electron chi connectivity index (χ1n) is 12.6. The molecule has 0 saturated carbocycles. The predicted molar refractivity (Wildman–Crippen MR) is 129 cm³/mol. The highest BCUT2D eigenvalue weighted by Gasteiger charge is 2.19. The summed E-state index contributed by atoms with van der Waals surface area (Å²) in [4.78, 5) is 21.9. The van der Waals surface area contributed by atoms with E-state index in [1.165, 1.54) is 63.9 Å². The van der Waals surface area contributed by atoms with Crippen LogP contribution in [0.5, 0.6) is 0 Å². The van der Waals surface area contributed by atoms with Crippen LogP contribution in [0.4, 0.5) is 0 Å². The van der Waals surface area contributed by atoms with Gasteiger partial charge in [-0.25, -0.2) is 4.79 Å². The van der Waals surface area contributed by atoms with E-state index in [0.717, 1.165) is 32.1 Å². The summed E-state index contributed by atoms with van der Waals surface area (Å²) in [5.41, 5.74) is 1.25. The van der Waals surface area contributed by atoms with Crippen molar-refractivity contribution in [3.8, 4) is 0 Å². The second kappa shape index (κ2) is 18.7. The average Bonchev–Trinajstić information content (AvgIpc) is 2.77. The Morgan fingerprint density at radius 1 is 0.812 bits per heavy atom. The van der Waals surface area contributed by atoms with E-state index in [9.17, 15) is 9.59 Å². The smallest absolute Gasteiger partial charge is 0.345 e. The Hall–Kier alpha value is -1.88. The maximum Gasteiger partial charge on any atom is 0.345 e. The normalized spacial score (nSPS) is 12.9. The maximum atomic E-state index is 11.0. The minimum atomic E-state index is -1.05. The third kappa shape index (κ3) is 15.0. The molecular weight excluding hydrogens is 404 g/mol. The molecule has 1 aromatic carbocycles. The van der Waals surface area contributed by atoms with Gasteiger partial charge in [-0.15, -0.1) is 0 Å². The van der Waals surface area contributed by atoms with Gasteiger partial charge in [-0.2, -0.15) is 0 Å². The zero-order valence-electron chi connectivity index (χ0n) is 20.2. The summed E-state index contributed by atoms with van der Waals surface area (Å²) in [6.07, 6.45) is 15.0. The summed E-state index contributed by atoms with van der Waals surface area (Å²) in [6, 6.07) is 10.4. The standard InChI is InChI=1S/C27H44O5/c1-3-17-25(31-22-24-18-13-12-14-19-24)20-15-10-8-6-4-5-7-9-11-16-21-26(27(29)30)32-23(2)28/h12-14,18-19,25-26H,3-11,15-17,20-22H2,1-2H3,(H,29,30). The Morgan fingerprint density at radius 2 is 1.34 bits per heavy atom. The molecule has 0 aliphatic heterocycles. The molecule has 2 unspecified atom stereocenters. The second-order valence-electron chi connectivity index (χ2n) is 8.76. The van der Waals surface area contributed by atoms with Crippen molar-refractivity contribution in [2.24, 2.45) is 0 Å². The summed E-state index contributed by atoms with van der Waals surface area (Å²) < 4.78 is 11.0. The minimum Gasteiger partial charge on any atom is -0.479 e. The fourth-order valence-electron chi connectivity index (χ4n) is 3.97. The van der Waals surface area contributed by atoms with Crippen LogP contribution in [0.3, 0.4) is 0 Å². The fourth-order valence-corrected chi connectivity index (χ4v) is 3.97. The van der Waals surface area contributed by atoms with E-state index in [1.807, 2.05) is 6.07 Å². The number of rotatable bonds is 20.